The van der Waals surface area contributed by atoms with E-state index >= 15 is 0 Å². The smallest absolute Gasteiger partial charge is 0.160 e. The molecular weight excluding hydrogens is 284 g/mol. The maximum atomic E-state index is 6.05. The number of hydrogen-bond acceptors (Lipinski definition) is 3. The van der Waals surface area contributed by atoms with Gasteiger partial charge in [0, 0.05) is 17.3 Å². The minimum atomic E-state index is 0.439. The Morgan fingerprint density at radius 2 is 2.05 bits per heavy atom. The van der Waals surface area contributed by atoms with E-state index in [9.17, 15) is 0 Å². The van der Waals surface area contributed by atoms with Crippen LogP contribution in [0.15, 0.2) is 42.6 Å². The molecule has 1 aliphatic rings. The van der Waals surface area contributed by atoms with Crippen LogP contribution < -0.4 is 5.32 Å². The van der Waals surface area contributed by atoms with Gasteiger partial charge >= 0.3 is 0 Å². The number of rotatable bonds is 3. The molecule has 0 bridgehead atoms. The second kappa shape index (κ2) is 5.13. The van der Waals surface area contributed by atoms with Crippen LogP contribution in [0.1, 0.15) is 17.0 Å². The fourth-order valence-corrected chi connectivity index (χ4v) is 3.17. The van der Waals surface area contributed by atoms with Crippen molar-refractivity contribution in [2.24, 2.45) is 0 Å². The van der Waals surface area contributed by atoms with Gasteiger partial charge in [0.25, 0.3) is 0 Å². The Bertz CT molecular complexity index is 796. The minimum Gasteiger partial charge on any atom is -0.306 e. The monoisotopic (exact) mass is 298 g/mol. The van der Waals surface area contributed by atoms with Crippen molar-refractivity contribution in [2.45, 2.75) is 25.4 Å². The Morgan fingerprint density at radius 3 is 3.00 bits per heavy atom. The predicted molar refractivity (Wildman–Crippen MR) is 82.5 cm³/mol. The van der Waals surface area contributed by atoms with Crippen LogP contribution >= 0.6 is 11.6 Å². The topological polar surface area (TPSA) is 42.2 Å². The third-order valence-electron chi connectivity index (χ3n) is 4.03. The summed E-state index contributed by atoms with van der Waals surface area (Å²) in [7, 11) is 0. The van der Waals surface area contributed by atoms with Crippen LogP contribution in [0.25, 0.3) is 5.65 Å². The van der Waals surface area contributed by atoms with Gasteiger partial charge in [-0.15, -0.1) is 10.2 Å². The van der Waals surface area contributed by atoms with Crippen molar-refractivity contribution in [3.63, 3.8) is 0 Å². The van der Waals surface area contributed by atoms with Gasteiger partial charge in [-0.1, -0.05) is 23.7 Å². The first kappa shape index (κ1) is 12.8. The lowest BCUT2D eigenvalue weighted by molar-refractivity contribution is 0.519. The number of pyridine rings is 1. The van der Waals surface area contributed by atoms with Crippen molar-refractivity contribution in [1.29, 1.82) is 0 Å². The first-order valence-corrected chi connectivity index (χ1v) is 7.47. The number of nitrogens with zero attached hydrogens (tertiary/aromatic N) is 3. The highest BCUT2D eigenvalue weighted by atomic mass is 35.5. The molecule has 5 heteroatoms. The SMILES string of the molecule is Clc1ccc2c(c1)CC(NCc1nnc3ccccn13)C2. The number of halogens is 1. The van der Waals surface area contributed by atoms with Crippen LogP contribution in [-0.4, -0.2) is 20.6 Å². The average molecular weight is 299 g/mol. The van der Waals surface area contributed by atoms with Crippen LogP contribution in [0, 0.1) is 0 Å². The molecule has 1 N–H and O–H groups in total. The summed E-state index contributed by atoms with van der Waals surface area (Å²) in [6, 6.07) is 12.5. The summed E-state index contributed by atoms with van der Waals surface area (Å²) in [5.41, 5.74) is 3.63. The van der Waals surface area contributed by atoms with Gasteiger partial charge in [-0.25, -0.2) is 0 Å². The molecule has 0 saturated heterocycles. The van der Waals surface area contributed by atoms with Crippen LogP contribution in [0.4, 0.5) is 0 Å². The first-order valence-electron chi connectivity index (χ1n) is 7.09. The standard InChI is InChI=1S/C16H15ClN4/c17-13-5-4-11-8-14(9-12(11)7-13)18-10-16-20-19-15-3-1-2-6-21(15)16/h1-7,14,18H,8-10H2. The molecule has 3 aromatic rings. The van der Waals surface area contributed by atoms with E-state index in [1.807, 2.05) is 34.9 Å². The molecule has 4 rings (SSSR count). The van der Waals surface area contributed by atoms with Gasteiger partial charge < -0.3 is 5.32 Å². The Hall–Kier alpha value is -1.91. The van der Waals surface area contributed by atoms with Crippen LogP contribution in [0.5, 0.6) is 0 Å². The molecule has 0 amide bonds. The largest absolute Gasteiger partial charge is 0.306 e. The molecule has 106 valence electrons. The molecule has 2 aromatic heterocycles. The van der Waals surface area contributed by atoms with Gasteiger partial charge in [-0.05, 0) is 48.2 Å². The molecule has 2 heterocycles. The summed E-state index contributed by atoms with van der Waals surface area (Å²) in [6.07, 6.45) is 4.06. The van der Waals surface area contributed by atoms with Crippen LogP contribution in [-0.2, 0) is 19.4 Å². The third-order valence-corrected chi connectivity index (χ3v) is 4.27. The van der Waals surface area contributed by atoms with Gasteiger partial charge in [0.1, 0.15) is 0 Å². The highest BCUT2D eigenvalue weighted by molar-refractivity contribution is 6.30. The van der Waals surface area contributed by atoms with Gasteiger partial charge in [0.05, 0.1) is 6.54 Å². The quantitative estimate of drug-likeness (QED) is 0.808. The molecule has 0 aliphatic heterocycles. The molecule has 1 aliphatic carbocycles. The molecule has 1 unspecified atom stereocenters. The van der Waals surface area contributed by atoms with Crippen LogP contribution in [0.2, 0.25) is 5.02 Å². The minimum absolute atomic E-state index is 0.439. The second-order valence-corrected chi connectivity index (χ2v) is 5.88. The summed E-state index contributed by atoms with van der Waals surface area (Å²) in [5, 5.41) is 12.8. The summed E-state index contributed by atoms with van der Waals surface area (Å²) >= 11 is 6.05. The van der Waals surface area contributed by atoms with Crippen molar-refractivity contribution >= 4 is 17.2 Å². The summed E-state index contributed by atoms with van der Waals surface area (Å²) in [6.45, 7) is 0.720. The molecular formula is C16H15ClN4. The molecule has 0 saturated carbocycles. The van der Waals surface area contributed by atoms with E-state index in [1.54, 1.807) is 0 Å². The van der Waals surface area contributed by atoms with E-state index in [0.717, 1.165) is 35.9 Å². The van der Waals surface area contributed by atoms with E-state index < -0.39 is 0 Å². The van der Waals surface area contributed by atoms with Crippen molar-refractivity contribution in [2.75, 3.05) is 0 Å². The zero-order valence-electron chi connectivity index (χ0n) is 11.5. The van der Waals surface area contributed by atoms with Crippen molar-refractivity contribution in [1.82, 2.24) is 19.9 Å². The summed E-state index contributed by atoms with van der Waals surface area (Å²) in [5.74, 6) is 0.944. The normalized spacial score (nSPS) is 17.3. The highest BCUT2D eigenvalue weighted by Crippen LogP contribution is 2.25. The molecule has 0 spiro atoms. The Balaban J connectivity index is 1.47. The summed E-state index contributed by atoms with van der Waals surface area (Å²) in [4.78, 5) is 0. The second-order valence-electron chi connectivity index (χ2n) is 5.44. The van der Waals surface area contributed by atoms with Crippen molar-refractivity contribution in [3.05, 3.63) is 64.6 Å². The van der Waals surface area contributed by atoms with E-state index in [4.69, 9.17) is 11.6 Å². The molecule has 4 nitrogen and oxygen atoms in total. The Kier molecular flexibility index (Phi) is 3.13. The van der Waals surface area contributed by atoms with Gasteiger partial charge in [0.2, 0.25) is 0 Å². The van der Waals surface area contributed by atoms with Crippen molar-refractivity contribution in [3.8, 4) is 0 Å². The number of hydrogen-bond donors (Lipinski definition) is 1. The van der Waals surface area contributed by atoms with E-state index in [-0.39, 0.29) is 0 Å². The number of nitrogens with one attached hydrogen (secondary N) is 1. The van der Waals surface area contributed by atoms with E-state index in [0.29, 0.717) is 6.04 Å². The first-order chi connectivity index (χ1) is 10.3. The molecule has 1 atom stereocenters. The predicted octanol–water partition coefficient (Wildman–Crippen LogP) is 2.64. The lowest BCUT2D eigenvalue weighted by Gasteiger charge is -2.10. The maximum absolute atomic E-state index is 6.05. The van der Waals surface area contributed by atoms with Gasteiger partial charge in [-0.3, -0.25) is 4.40 Å². The highest BCUT2D eigenvalue weighted by Gasteiger charge is 2.21. The zero-order chi connectivity index (χ0) is 14.2. The lowest BCUT2D eigenvalue weighted by atomic mass is 10.1. The molecule has 21 heavy (non-hydrogen) atoms. The fraction of sp³-hybridized carbons (Fsp3) is 0.250. The zero-order valence-corrected chi connectivity index (χ0v) is 12.2. The third kappa shape index (κ3) is 2.41. The molecule has 1 aromatic carbocycles. The van der Waals surface area contributed by atoms with Gasteiger partial charge in [0.15, 0.2) is 11.5 Å². The van der Waals surface area contributed by atoms with Gasteiger partial charge in [-0.2, -0.15) is 0 Å². The summed E-state index contributed by atoms with van der Waals surface area (Å²) < 4.78 is 2.02. The average Bonchev–Trinajstić information content (AvgIpc) is 3.08. The Labute approximate surface area is 127 Å². The lowest BCUT2D eigenvalue weighted by Crippen LogP contribution is -2.29. The molecule has 0 fully saturated rings. The van der Waals surface area contributed by atoms with E-state index in [2.05, 4.69) is 27.6 Å². The number of fused-ring (bicyclic) bond motifs is 2. The number of aromatic nitrogens is 3. The molecule has 0 radical (unpaired) electrons. The van der Waals surface area contributed by atoms with E-state index in [1.165, 1.54) is 11.1 Å². The van der Waals surface area contributed by atoms with Crippen molar-refractivity contribution < 1.29 is 0 Å². The fourth-order valence-electron chi connectivity index (χ4n) is 2.98. The number of benzene rings is 1. The Morgan fingerprint density at radius 1 is 1.14 bits per heavy atom. The van der Waals surface area contributed by atoms with Crippen LogP contribution in [0.3, 0.4) is 0 Å². The maximum Gasteiger partial charge on any atom is 0.160 e.